The Labute approximate surface area is 173 Å². The molecule has 7 heteroatoms. The van der Waals surface area contributed by atoms with Gasteiger partial charge in [-0.25, -0.2) is 0 Å². The molecule has 29 heavy (non-hydrogen) atoms. The highest BCUT2D eigenvalue weighted by Gasteiger charge is 2.34. The lowest BCUT2D eigenvalue weighted by atomic mass is 10.1. The highest BCUT2D eigenvalue weighted by molar-refractivity contribution is 8.18. The average Bonchev–Trinajstić information content (AvgIpc) is 2.97. The highest BCUT2D eigenvalue weighted by Crippen LogP contribution is 2.32. The number of rotatable bonds is 7. The van der Waals surface area contributed by atoms with Crippen molar-refractivity contribution in [1.29, 1.82) is 0 Å². The summed E-state index contributed by atoms with van der Waals surface area (Å²) in [6, 6.07) is 15.0. The maximum Gasteiger partial charge on any atom is 0.293 e. The average molecular weight is 410 g/mol. The summed E-state index contributed by atoms with van der Waals surface area (Å²) in [5, 5.41) is 2.43. The summed E-state index contributed by atoms with van der Waals surface area (Å²) >= 11 is 0.904. The van der Waals surface area contributed by atoms with Gasteiger partial charge in [-0.15, -0.1) is 0 Å². The van der Waals surface area contributed by atoms with Crippen LogP contribution in [-0.4, -0.2) is 42.2 Å². The van der Waals surface area contributed by atoms with Crippen molar-refractivity contribution in [2.24, 2.45) is 0 Å². The zero-order chi connectivity index (χ0) is 20.8. The van der Waals surface area contributed by atoms with Crippen LogP contribution >= 0.6 is 11.8 Å². The predicted octanol–water partition coefficient (Wildman–Crippen LogP) is 3.40. The Morgan fingerprint density at radius 3 is 2.45 bits per heavy atom. The summed E-state index contributed by atoms with van der Waals surface area (Å²) in [4.78, 5) is 38.3. The second-order valence-electron chi connectivity index (χ2n) is 6.62. The zero-order valence-corrected chi connectivity index (χ0v) is 17.1. The van der Waals surface area contributed by atoms with Gasteiger partial charge in [0.05, 0.1) is 18.4 Å². The maximum absolute atomic E-state index is 12.5. The Balaban J connectivity index is 1.52. The number of amides is 3. The van der Waals surface area contributed by atoms with Crippen LogP contribution < -0.4 is 10.1 Å². The van der Waals surface area contributed by atoms with Crippen LogP contribution in [0.3, 0.4) is 0 Å². The van der Waals surface area contributed by atoms with E-state index >= 15 is 0 Å². The standard InChI is InChI=1S/C22H22N2O4S/c1-15-3-5-17(6-4-15)14-20(25)23-11-12-24-21(26)19(29-22(24)27)13-16-7-9-18(28-2)10-8-16/h3-10,13H,11-12,14H2,1-2H3,(H,23,25)/b19-13+. The van der Waals surface area contributed by atoms with Crippen molar-refractivity contribution >= 4 is 34.9 Å². The first-order valence-corrected chi connectivity index (χ1v) is 9.99. The number of nitrogens with zero attached hydrogens (tertiary/aromatic N) is 1. The number of hydrogen-bond acceptors (Lipinski definition) is 5. The van der Waals surface area contributed by atoms with E-state index in [-0.39, 0.29) is 36.6 Å². The Morgan fingerprint density at radius 2 is 1.79 bits per heavy atom. The molecule has 0 spiro atoms. The number of imide groups is 1. The van der Waals surface area contributed by atoms with E-state index in [1.165, 1.54) is 0 Å². The molecule has 6 nitrogen and oxygen atoms in total. The van der Waals surface area contributed by atoms with E-state index in [0.29, 0.717) is 4.91 Å². The minimum Gasteiger partial charge on any atom is -0.497 e. The summed E-state index contributed by atoms with van der Waals surface area (Å²) in [6.07, 6.45) is 1.94. The summed E-state index contributed by atoms with van der Waals surface area (Å²) < 4.78 is 5.11. The number of thioether (sulfide) groups is 1. The third-order valence-corrected chi connectivity index (χ3v) is 5.34. The lowest BCUT2D eigenvalue weighted by Crippen LogP contribution is -2.37. The van der Waals surface area contributed by atoms with Crippen molar-refractivity contribution in [1.82, 2.24) is 10.2 Å². The number of aryl methyl sites for hydroxylation is 1. The Kier molecular flexibility index (Phi) is 6.72. The Hall–Kier alpha value is -3.06. The van der Waals surface area contributed by atoms with E-state index in [1.54, 1.807) is 25.3 Å². The maximum atomic E-state index is 12.5. The molecule has 2 aromatic rings. The van der Waals surface area contributed by atoms with Gasteiger partial charge in [0.25, 0.3) is 11.1 Å². The molecule has 1 fully saturated rings. The number of methoxy groups -OCH3 is 1. The number of carbonyl (C=O) groups is 3. The molecule has 1 heterocycles. The smallest absolute Gasteiger partial charge is 0.293 e. The fourth-order valence-corrected chi connectivity index (χ4v) is 3.67. The van der Waals surface area contributed by atoms with Crippen LogP contribution in [0, 0.1) is 6.92 Å². The van der Waals surface area contributed by atoms with Crippen LogP contribution in [0.5, 0.6) is 5.75 Å². The molecule has 0 aliphatic carbocycles. The number of benzene rings is 2. The van der Waals surface area contributed by atoms with Gasteiger partial charge in [0.2, 0.25) is 5.91 Å². The topological polar surface area (TPSA) is 75.7 Å². The van der Waals surface area contributed by atoms with Gasteiger partial charge in [-0.3, -0.25) is 19.3 Å². The van der Waals surface area contributed by atoms with Gasteiger partial charge in [0.15, 0.2) is 0 Å². The molecular weight excluding hydrogens is 388 g/mol. The molecule has 3 rings (SSSR count). The number of hydrogen-bond donors (Lipinski definition) is 1. The van der Waals surface area contributed by atoms with Crippen molar-refractivity contribution < 1.29 is 19.1 Å². The summed E-state index contributed by atoms with van der Waals surface area (Å²) in [7, 11) is 1.58. The third-order valence-electron chi connectivity index (χ3n) is 4.43. The molecule has 0 atom stereocenters. The van der Waals surface area contributed by atoms with Crippen molar-refractivity contribution in [2.75, 3.05) is 20.2 Å². The van der Waals surface area contributed by atoms with Gasteiger partial charge >= 0.3 is 0 Å². The molecule has 0 bridgehead atoms. The molecule has 2 aromatic carbocycles. The Morgan fingerprint density at radius 1 is 1.10 bits per heavy atom. The van der Waals surface area contributed by atoms with Crippen molar-refractivity contribution in [3.05, 3.63) is 70.1 Å². The van der Waals surface area contributed by atoms with E-state index in [2.05, 4.69) is 5.32 Å². The van der Waals surface area contributed by atoms with Crippen LogP contribution in [-0.2, 0) is 16.0 Å². The molecule has 1 aliphatic heterocycles. The molecule has 0 aromatic heterocycles. The highest BCUT2D eigenvalue weighted by atomic mass is 32.2. The van der Waals surface area contributed by atoms with Gasteiger partial charge in [-0.05, 0) is 48.0 Å². The molecule has 0 unspecified atom stereocenters. The fraction of sp³-hybridized carbons (Fsp3) is 0.227. The predicted molar refractivity (Wildman–Crippen MR) is 114 cm³/mol. The lowest BCUT2D eigenvalue weighted by molar-refractivity contribution is -0.124. The normalized spacial score (nSPS) is 15.1. The van der Waals surface area contributed by atoms with Crippen LogP contribution in [0.4, 0.5) is 4.79 Å². The molecule has 1 N–H and O–H groups in total. The van der Waals surface area contributed by atoms with Gasteiger partial charge < -0.3 is 10.1 Å². The molecule has 0 radical (unpaired) electrons. The molecule has 150 valence electrons. The summed E-state index contributed by atoms with van der Waals surface area (Å²) in [5.41, 5.74) is 2.86. The summed E-state index contributed by atoms with van der Waals surface area (Å²) in [5.74, 6) is 0.231. The molecular formula is C22H22N2O4S. The second kappa shape index (κ2) is 9.43. The van der Waals surface area contributed by atoms with E-state index in [0.717, 1.165) is 39.1 Å². The molecule has 1 saturated heterocycles. The van der Waals surface area contributed by atoms with Crippen molar-refractivity contribution in [2.45, 2.75) is 13.3 Å². The van der Waals surface area contributed by atoms with E-state index in [4.69, 9.17) is 4.74 Å². The van der Waals surface area contributed by atoms with E-state index in [1.807, 2.05) is 43.3 Å². The minimum absolute atomic E-state index is 0.143. The molecule has 0 saturated carbocycles. The monoisotopic (exact) mass is 410 g/mol. The Bertz CT molecular complexity index is 936. The van der Waals surface area contributed by atoms with Crippen molar-refractivity contribution in [3.8, 4) is 5.75 Å². The summed E-state index contributed by atoms with van der Waals surface area (Å²) in [6.45, 7) is 2.35. The SMILES string of the molecule is COc1ccc(/C=C2/SC(=O)N(CCNC(=O)Cc3ccc(C)cc3)C2=O)cc1. The third kappa shape index (κ3) is 5.48. The van der Waals surface area contributed by atoms with Gasteiger partial charge in [-0.1, -0.05) is 42.0 Å². The van der Waals surface area contributed by atoms with Crippen LogP contribution in [0.1, 0.15) is 16.7 Å². The number of carbonyl (C=O) groups excluding carboxylic acids is 3. The van der Waals surface area contributed by atoms with E-state index < -0.39 is 0 Å². The van der Waals surface area contributed by atoms with Crippen LogP contribution in [0.2, 0.25) is 0 Å². The quantitative estimate of drug-likeness (QED) is 0.708. The van der Waals surface area contributed by atoms with Gasteiger partial charge in [0, 0.05) is 13.1 Å². The molecule has 3 amide bonds. The zero-order valence-electron chi connectivity index (χ0n) is 16.3. The fourth-order valence-electron chi connectivity index (χ4n) is 2.81. The van der Waals surface area contributed by atoms with Crippen LogP contribution in [0.25, 0.3) is 6.08 Å². The number of nitrogens with one attached hydrogen (secondary N) is 1. The lowest BCUT2D eigenvalue weighted by Gasteiger charge is -2.13. The number of ether oxygens (including phenoxy) is 1. The van der Waals surface area contributed by atoms with Crippen molar-refractivity contribution in [3.63, 3.8) is 0 Å². The molecule has 1 aliphatic rings. The first-order chi connectivity index (χ1) is 14.0. The van der Waals surface area contributed by atoms with E-state index in [9.17, 15) is 14.4 Å². The van der Waals surface area contributed by atoms with Gasteiger partial charge in [0.1, 0.15) is 5.75 Å². The first-order valence-electron chi connectivity index (χ1n) is 9.18. The van der Waals surface area contributed by atoms with Crippen LogP contribution in [0.15, 0.2) is 53.4 Å². The second-order valence-corrected chi connectivity index (χ2v) is 7.61. The first kappa shape index (κ1) is 20.7. The largest absolute Gasteiger partial charge is 0.497 e. The minimum atomic E-state index is -0.344. The van der Waals surface area contributed by atoms with Gasteiger partial charge in [-0.2, -0.15) is 0 Å².